The lowest BCUT2D eigenvalue weighted by Crippen LogP contribution is -2.28. The summed E-state index contributed by atoms with van der Waals surface area (Å²) >= 11 is 6.17. The Labute approximate surface area is 165 Å². The normalized spacial score (nSPS) is 11.6. The van der Waals surface area contributed by atoms with Gasteiger partial charge in [-0.15, -0.1) is 0 Å². The van der Waals surface area contributed by atoms with E-state index in [-0.39, 0.29) is 0 Å². The van der Waals surface area contributed by atoms with E-state index in [0.717, 1.165) is 36.6 Å². The Hall–Kier alpha value is -3.00. The van der Waals surface area contributed by atoms with Crippen LogP contribution in [0.25, 0.3) is 16.9 Å². The summed E-state index contributed by atoms with van der Waals surface area (Å²) in [6.45, 7) is 5.42. The monoisotopic (exact) mass is 400 g/mol. The van der Waals surface area contributed by atoms with Gasteiger partial charge in [0.25, 0.3) is 5.56 Å². The molecule has 146 valence electrons. The van der Waals surface area contributed by atoms with E-state index in [4.69, 9.17) is 11.6 Å². The molecule has 9 heteroatoms. The lowest BCUT2D eigenvalue weighted by molar-refractivity contribution is 0.659. The van der Waals surface area contributed by atoms with Gasteiger partial charge in [-0.25, -0.2) is 4.79 Å². The molecule has 4 rings (SSSR count). The van der Waals surface area contributed by atoms with Crippen LogP contribution in [0.2, 0.25) is 5.02 Å². The highest BCUT2D eigenvalue weighted by Gasteiger charge is 2.20. The number of nitrogens with zero attached hydrogens (tertiary/aromatic N) is 4. The summed E-state index contributed by atoms with van der Waals surface area (Å²) in [6.07, 6.45) is 0.842. The highest BCUT2D eigenvalue weighted by Crippen LogP contribution is 2.22. The highest BCUT2D eigenvalue weighted by atomic mass is 35.5. The third-order valence-electron chi connectivity index (χ3n) is 5.15. The molecular formula is C19H21ClN6O2. The van der Waals surface area contributed by atoms with E-state index < -0.39 is 11.2 Å². The Kier molecular flexibility index (Phi) is 4.50. The van der Waals surface area contributed by atoms with Gasteiger partial charge in [-0.3, -0.25) is 18.7 Å². The van der Waals surface area contributed by atoms with Gasteiger partial charge in [0.2, 0.25) is 5.78 Å². The molecule has 0 spiro atoms. The number of hydrogen-bond acceptors (Lipinski definition) is 4. The first-order valence-corrected chi connectivity index (χ1v) is 9.43. The molecular weight excluding hydrogens is 380 g/mol. The summed E-state index contributed by atoms with van der Waals surface area (Å²) in [6, 6.07) is 7.63. The van der Waals surface area contributed by atoms with Crippen LogP contribution in [0.15, 0.2) is 33.9 Å². The van der Waals surface area contributed by atoms with Crippen LogP contribution >= 0.6 is 11.6 Å². The minimum absolute atomic E-state index is 0.384. The fraction of sp³-hybridized carbons (Fsp3) is 0.316. The molecule has 1 aromatic carbocycles. The van der Waals surface area contributed by atoms with Crippen LogP contribution in [-0.2, 0) is 13.6 Å². The topological polar surface area (TPSA) is 89.1 Å². The number of halogens is 1. The molecule has 0 aliphatic rings. The zero-order valence-electron chi connectivity index (χ0n) is 15.9. The molecule has 8 nitrogen and oxygen atoms in total. The number of aryl methyl sites for hydroxylation is 3. The number of anilines is 1. The first-order valence-electron chi connectivity index (χ1n) is 9.05. The second-order valence-electron chi connectivity index (χ2n) is 6.82. The van der Waals surface area contributed by atoms with Gasteiger partial charge in [0.1, 0.15) is 0 Å². The average Bonchev–Trinajstić information content (AvgIpc) is 3.16. The molecule has 0 bridgehead atoms. The average molecular weight is 401 g/mol. The van der Waals surface area contributed by atoms with Crippen LogP contribution in [0.4, 0.5) is 5.69 Å². The molecule has 3 heterocycles. The van der Waals surface area contributed by atoms with Gasteiger partial charge in [-0.05, 0) is 32.4 Å². The van der Waals surface area contributed by atoms with Crippen molar-refractivity contribution in [3.63, 3.8) is 0 Å². The minimum atomic E-state index is -0.469. The Morgan fingerprint density at radius 1 is 1.18 bits per heavy atom. The predicted octanol–water partition coefficient (Wildman–Crippen LogP) is 2.45. The molecule has 4 aromatic rings. The van der Waals surface area contributed by atoms with Crippen molar-refractivity contribution in [2.24, 2.45) is 7.05 Å². The molecule has 28 heavy (non-hydrogen) atoms. The summed E-state index contributed by atoms with van der Waals surface area (Å²) in [4.78, 5) is 31.2. The minimum Gasteiger partial charge on any atom is -0.384 e. The summed E-state index contributed by atoms with van der Waals surface area (Å²) in [5, 5.41) is 4.03. The maximum atomic E-state index is 12.4. The maximum Gasteiger partial charge on any atom is 0.329 e. The van der Waals surface area contributed by atoms with Gasteiger partial charge in [0.05, 0.1) is 10.7 Å². The Bertz CT molecular complexity index is 1310. The number of benzene rings is 1. The van der Waals surface area contributed by atoms with E-state index >= 15 is 0 Å². The van der Waals surface area contributed by atoms with Gasteiger partial charge >= 0.3 is 5.69 Å². The molecule has 0 amide bonds. The molecule has 3 aromatic heterocycles. The van der Waals surface area contributed by atoms with Crippen LogP contribution in [0.5, 0.6) is 0 Å². The number of aromatic amines is 1. The van der Waals surface area contributed by atoms with Crippen molar-refractivity contribution >= 4 is 34.2 Å². The summed E-state index contributed by atoms with van der Waals surface area (Å²) in [7, 11) is 1.60. The largest absolute Gasteiger partial charge is 0.384 e. The number of imidazole rings is 2. The second kappa shape index (κ2) is 6.87. The van der Waals surface area contributed by atoms with Gasteiger partial charge in [0, 0.05) is 31.5 Å². The van der Waals surface area contributed by atoms with Crippen molar-refractivity contribution in [1.82, 2.24) is 23.5 Å². The smallest absolute Gasteiger partial charge is 0.329 e. The van der Waals surface area contributed by atoms with Crippen molar-refractivity contribution < 1.29 is 0 Å². The van der Waals surface area contributed by atoms with Crippen LogP contribution in [0, 0.1) is 13.8 Å². The molecule has 0 aliphatic carbocycles. The van der Waals surface area contributed by atoms with E-state index in [1.54, 1.807) is 7.05 Å². The Morgan fingerprint density at radius 2 is 1.93 bits per heavy atom. The van der Waals surface area contributed by atoms with Crippen LogP contribution < -0.4 is 16.6 Å². The molecule has 0 saturated heterocycles. The van der Waals surface area contributed by atoms with Crippen LogP contribution in [0.3, 0.4) is 0 Å². The fourth-order valence-corrected chi connectivity index (χ4v) is 3.71. The fourth-order valence-electron chi connectivity index (χ4n) is 3.51. The second-order valence-corrected chi connectivity index (χ2v) is 7.23. The van der Waals surface area contributed by atoms with E-state index in [9.17, 15) is 9.59 Å². The SMILES string of the molecule is Cc1c(C)n2c3c(=O)[nH]c(=O)n(C)c3nc2n1CCCNc1ccccc1Cl. The number of aromatic nitrogens is 5. The number of fused-ring (bicyclic) bond motifs is 3. The standard InChI is InChI=1S/C19H21ClN6O2/c1-11-12(2)26-15-16(24(3)19(28)23-17(15)27)22-18(26)25(11)10-6-9-21-14-8-5-4-7-13(14)20/h4-5,7-8,21H,6,9-10H2,1-3H3,(H,23,27,28). The number of nitrogens with one attached hydrogen (secondary N) is 2. The van der Waals surface area contributed by atoms with Crippen molar-refractivity contribution in [3.8, 4) is 0 Å². The zero-order valence-corrected chi connectivity index (χ0v) is 16.7. The predicted molar refractivity (Wildman–Crippen MR) is 111 cm³/mol. The molecule has 2 N–H and O–H groups in total. The number of rotatable bonds is 5. The zero-order chi connectivity index (χ0) is 20.0. The van der Waals surface area contributed by atoms with Gasteiger partial charge < -0.3 is 9.88 Å². The van der Waals surface area contributed by atoms with Gasteiger partial charge in [-0.2, -0.15) is 4.98 Å². The van der Waals surface area contributed by atoms with Crippen molar-refractivity contribution in [2.45, 2.75) is 26.8 Å². The first-order chi connectivity index (χ1) is 13.4. The number of para-hydroxylation sites is 1. The molecule has 0 atom stereocenters. The van der Waals surface area contributed by atoms with Crippen LogP contribution in [-0.4, -0.2) is 30.0 Å². The number of H-pyrrole nitrogens is 1. The molecule has 0 saturated carbocycles. The Balaban J connectivity index is 1.67. The van der Waals surface area contributed by atoms with E-state index in [0.29, 0.717) is 22.0 Å². The Morgan fingerprint density at radius 3 is 2.68 bits per heavy atom. The molecule has 0 aliphatic heterocycles. The summed E-state index contributed by atoms with van der Waals surface area (Å²) in [5.74, 6) is 0.662. The highest BCUT2D eigenvalue weighted by molar-refractivity contribution is 6.33. The third-order valence-corrected chi connectivity index (χ3v) is 5.48. The van der Waals surface area contributed by atoms with E-state index in [1.807, 2.05) is 42.5 Å². The maximum absolute atomic E-state index is 12.4. The lowest BCUT2D eigenvalue weighted by atomic mass is 10.3. The van der Waals surface area contributed by atoms with Gasteiger partial charge in [-0.1, -0.05) is 23.7 Å². The third kappa shape index (κ3) is 2.80. The summed E-state index contributed by atoms with van der Waals surface area (Å²) < 4.78 is 5.26. The molecule has 0 radical (unpaired) electrons. The quantitative estimate of drug-likeness (QED) is 0.503. The molecule has 0 unspecified atom stereocenters. The van der Waals surface area contributed by atoms with Crippen molar-refractivity contribution in [3.05, 3.63) is 61.5 Å². The van der Waals surface area contributed by atoms with Gasteiger partial charge in [0.15, 0.2) is 11.2 Å². The van der Waals surface area contributed by atoms with Crippen molar-refractivity contribution in [1.29, 1.82) is 0 Å². The van der Waals surface area contributed by atoms with Crippen LogP contribution in [0.1, 0.15) is 17.8 Å². The van der Waals surface area contributed by atoms with E-state index in [1.165, 1.54) is 4.57 Å². The number of hydrogen-bond donors (Lipinski definition) is 2. The first kappa shape index (κ1) is 18.4. The van der Waals surface area contributed by atoms with Crippen molar-refractivity contribution in [2.75, 3.05) is 11.9 Å². The molecule has 0 fully saturated rings. The van der Waals surface area contributed by atoms with E-state index in [2.05, 4.69) is 19.9 Å². The lowest BCUT2D eigenvalue weighted by Gasteiger charge is -2.09. The summed E-state index contributed by atoms with van der Waals surface area (Å²) in [5.41, 5.74) is 2.76.